The van der Waals surface area contributed by atoms with Crippen molar-refractivity contribution in [3.8, 4) is 0 Å². The average Bonchev–Trinajstić information content (AvgIpc) is 3.77. The summed E-state index contributed by atoms with van der Waals surface area (Å²) >= 11 is 5.25. The molecular weight excluding hydrogens is 665 g/mol. The summed E-state index contributed by atoms with van der Waals surface area (Å²) in [5.74, 6) is 0.141. The molecule has 7 unspecified atom stereocenters. The molecule has 6 N–H and O–H groups in total. The highest BCUT2D eigenvalue weighted by Gasteiger charge is 2.54. The molecule has 4 aromatic rings. The van der Waals surface area contributed by atoms with Gasteiger partial charge < -0.3 is 35.5 Å². The lowest BCUT2D eigenvalue weighted by atomic mass is 10.1. The van der Waals surface area contributed by atoms with Crippen LogP contribution in [0.5, 0.6) is 0 Å². The highest BCUT2D eigenvalue weighted by molar-refractivity contribution is 8.07. The molecule has 242 valence electrons. The quantitative estimate of drug-likeness (QED) is 0.208. The van der Waals surface area contributed by atoms with Crippen molar-refractivity contribution in [1.29, 1.82) is 0 Å². The Bertz CT molecular complexity index is 1850. The molecule has 2 bridgehead atoms. The van der Waals surface area contributed by atoms with Crippen LogP contribution in [0.4, 0.5) is 16.0 Å². The maximum atomic E-state index is 16.1. The molecule has 45 heavy (non-hydrogen) atoms. The second-order valence-electron chi connectivity index (χ2n) is 10.1. The maximum absolute atomic E-state index is 16.1. The number of hydrogen-bond donors (Lipinski definition) is 4. The summed E-state index contributed by atoms with van der Waals surface area (Å²) in [4.78, 5) is 35.5. The van der Waals surface area contributed by atoms with Gasteiger partial charge in [0, 0.05) is 7.11 Å². The third-order valence-electron chi connectivity index (χ3n) is 7.43. The molecular formula is C21H25FN10O10P2S. The SMILES string of the molecule is COP1(=O)OCC2O[C@@H](n3cnc4c(N)ncnc43)C(OP(O)(=S)OC[C@H]3O[C@@H](n4cnc5c(N)ncnc54)C(F)C3O1)C2O. The van der Waals surface area contributed by atoms with Gasteiger partial charge >= 0.3 is 14.5 Å². The lowest BCUT2D eigenvalue weighted by Crippen LogP contribution is -2.35. The predicted molar refractivity (Wildman–Crippen MR) is 151 cm³/mol. The number of anilines is 2. The maximum Gasteiger partial charge on any atom is 0.475 e. The minimum absolute atomic E-state index is 0.0571. The molecule has 3 saturated heterocycles. The van der Waals surface area contributed by atoms with Gasteiger partial charge in [-0.25, -0.2) is 38.9 Å². The van der Waals surface area contributed by atoms with E-state index in [0.29, 0.717) is 0 Å². The number of rotatable bonds is 3. The summed E-state index contributed by atoms with van der Waals surface area (Å²) in [6.07, 6.45) is -6.93. The van der Waals surface area contributed by atoms with E-state index in [1.807, 2.05) is 0 Å². The van der Waals surface area contributed by atoms with Gasteiger partial charge in [0.2, 0.25) is 0 Å². The van der Waals surface area contributed by atoms with Crippen molar-refractivity contribution >= 4 is 60.3 Å². The van der Waals surface area contributed by atoms with Crippen LogP contribution in [0.2, 0.25) is 0 Å². The van der Waals surface area contributed by atoms with Crippen LogP contribution in [0.25, 0.3) is 22.3 Å². The zero-order valence-electron chi connectivity index (χ0n) is 22.9. The first-order chi connectivity index (χ1) is 21.5. The molecule has 7 heterocycles. The van der Waals surface area contributed by atoms with Crippen LogP contribution in [0.1, 0.15) is 12.5 Å². The molecule has 3 aliphatic heterocycles. The van der Waals surface area contributed by atoms with E-state index in [9.17, 15) is 14.6 Å². The number of fused-ring (bicyclic) bond motifs is 5. The van der Waals surface area contributed by atoms with Gasteiger partial charge in [-0.2, -0.15) is 0 Å². The number of hydrogen-bond acceptors (Lipinski definition) is 18. The van der Waals surface area contributed by atoms with E-state index >= 15 is 4.39 Å². The molecule has 3 aliphatic rings. The fourth-order valence-electron chi connectivity index (χ4n) is 5.28. The van der Waals surface area contributed by atoms with Crippen molar-refractivity contribution in [1.82, 2.24) is 39.0 Å². The number of aliphatic hydroxyl groups excluding tert-OH is 1. The molecule has 3 fully saturated rings. The number of alkyl halides is 1. The fraction of sp³-hybridized carbons (Fsp3) is 0.524. The summed E-state index contributed by atoms with van der Waals surface area (Å²) in [5, 5.41) is 11.2. The number of aliphatic hydroxyl groups is 1. The highest BCUT2D eigenvalue weighted by Crippen LogP contribution is 2.56. The van der Waals surface area contributed by atoms with Gasteiger partial charge in [0.15, 0.2) is 41.6 Å². The first-order valence-corrected chi connectivity index (χ1v) is 17.2. The van der Waals surface area contributed by atoms with Gasteiger partial charge in [0.05, 0.1) is 25.9 Å². The Kier molecular flexibility index (Phi) is 7.83. The molecule has 4 aromatic heterocycles. The van der Waals surface area contributed by atoms with Crippen LogP contribution >= 0.6 is 14.5 Å². The van der Waals surface area contributed by atoms with Gasteiger partial charge in [-0.1, -0.05) is 0 Å². The summed E-state index contributed by atoms with van der Waals surface area (Å²) in [6, 6.07) is 0. The van der Waals surface area contributed by atoms with E-state index in [2.05, 4.69) is 29.9 Å². The van der Waals surface area contributed by atoms with Gasteiger partial charge in [0.1, 0.15) is 54.2 Å². The number of ether oxygens (including phenoxy) is 2. The lowest BCUT2D eigenvalue weighted by Gasteiger charge is -2.27. The van der Waals surface area contributed by atoms with Crippen molar-refractivity contribution in [3.63, 3.8) is 0 Å². The number of nitrogen functional groups attached to an aromatic ring is 2. The van der Waals surface area contributed by atoms with E-state index in [1.54, 1.807) is 0 Å². The molecule has 20 nitrogen and oxygen atoms in total. The third-order valence-corrected chi connectivity index (χ3v) is 10.4. The van der Waals surface area contributed by atoms with Gasteiger partial charge in [0.25, 0.3) is 0 Å². The number of aromatic nitrogens is 8. The number of phosphoric acid groups is 1. The largest absolute Gasteiger partial charge is 0.475 e. The Balaban J connectivity index is 1.22. The Morgan fingerprint density at radius 3 is 2.11 bits per heavy atom. The standard InChI is InChI=1S/C21H25FN10O10P2S/c1-36-43(34)37-2-8-13(33)15(21(39-8)32-7-30-12-17(24)26-5-28-19(12)32)42-44(35,45)38-3-9-14(41-43)10(22)20(40-9)31-6-29-11-16(23)25-4-27-18(11)31/h4-10,13-15,20-21,33H,2-3H2,1H3,(H,35,45)(H2,23,25,27)(H2,24,26,28)/t8?,9-,10?,13?,14?,15?,20-,21-,43?,44?/m1/s1. The monoisotopic (exact) mass is 690 g/mol. The molecule has 10 atom stereocenters. The van der Waals surface area contributed by atoms with E-state index in [4.69, 9.17) is 55.4 Å². The molecule has 0 aliphatic carbocycles. The molecule has 0 amide bonds. The third kappa shape index (κ3) is 5.39. The smallest absolute Gasteiger partial charge is 0.387 e. The first-order valence-electron chi connectivity index (χ1n) is 13.1. The molecule has 0 aromatic carbocycles. The second kappa shape index (κ2) is 11.4. The van der Waals surface area contributed by atoms with Crippen LogP contribution in [0.15, 0.2) is 25.3 Å². The minimum atomic E-state index is -4.56. The number of halogens is 1. The Labute approximate surface area is 256 Å². The number of nitrogens with zero attached hydrogens (tertiary/aromatic N) is 8. The lowest BCUT2D eigenvalue weighted by molar-refractivity contribution is -0.0645. The number of nitrogens with two attached hydrogens (primary N) is 2. The highest BCUT2D eigenvalue weighted by atomic mass is 32.5. The summed E-state index contributed by atoms with van der Waals surface area (Å²) in [6.45, 7) is -5.44. The molecule has 24 heteroatoms. The molecule has 0 radical (unpaired) electrons. The van der Waals surface area contributed by atoms with Gasteiger partial charge in [-0.15, -0.1) is 0 Å². The summed E-state index contributed by atoms with van der Waals surface area (Å²) < 4.78 is 71.7. The van der Waals surface area contributed by atoms with Crippen LogP contribution in [-0.2, 0) is 48.5 Å². The fourth-order valence-corrected chi connectivity index (χ4v) is 7.82. The van der Waals surface area contributed by atoms with Gasteiger partial charge in [-0.05, 0) is 11.8 Å². The topological polar surface area (TPSA) is 261 Å². The Morgan fingerprint density at radius 2 is 1.49 bits per heavy atom. The van der Waals surface area contributed by atoms with Crippen molar-refractivity contribution < 1.29 is 51.0 Å². The number of phosphoric ester groups is 1. The minimum Gasteiger partial charge on any atom is -0.387 e. The van der Waals surface area contributed by atoms with E-state index in [0.717, 1.165) is 7.11 Å². The predicted octanol–water partition coefficient (Wildman–Crippen LogP) is 0.113. The zero-order chi connectivity index (χ0) is 31.7. The molecule has 7 rings (SSSR count). The Hall–Kier alpha value is -2.85. The van der Waals surface area contributed by atoms with Crippen LogP contribution in [-0.4, -0.2) is 106 Å². The van der Waals surface area contributed by atoms with Crippen LogP contribution in [0.3, 0.4) is 0 Å². The second-order valence-corrected chi connectivity index (χ2v) is 14.6. The summed E-state index contributed by atoms with van der Waals surface area (Å²) in [7, 11) is -3.53. The van der Waals surface area contributed by atoms with E-state index < -0.39 is 76.9 Å². The van der Waals surface area contributed by atoms with Gasteiger partial charge in [-0.3, -0.25) is 27.2 Å². The van der Waals surface area contributed by atoms with Crippen molar-refractivity contribution in [2.75, 3.05) is 31.8 Å². The van der Waals surface area contributed by atoms with Crippen LogP contribution < -0.4 is 11.5 Å². The zero-order valence-corrected chi connectivity index (χ0v) is 25.5. The summed E-state index contributed by atoms with van der Waals surface area (Å²) in [5.41, 5.74) is 12.6. The molecule has 0 saturated carbocycles. The van der Waals surface area contributed by atoms with E-state index in [-0.39, 0.29) is 34.0 Å². The van der Waals surface area contributed by atoms with Crippen molar-refractivity contribution in [3.05, 3.63) is 25.3 Å². The average molecular weight is 691 g/mol. The normalized spacial score (nSPS) is 37.7. The van der Waals surface area contributed by atoms with Crippen LogP contribution in [0, 0.1) is 0 Å². The number of imidazole rings is 2. The van der Waals surface area contributed by atoms with Crippen molar-refractivity contribution in [2.24, 2.45) is 0 Å². The first kappa shape index (κ1) is 30.8. The molecule has 0 spiro atoms. The Morgan fingerprint density at radius 1 is 0.911 bits per heavy atom. The van der Waals surface area contributed by atoms with Crippen molar-refractivity contribution in [2.45, 2.75) is 49.1 Å². The van der Waals surface area contributed by atoms with E-state index in [1.165, 1.54) is 34.4 Å².